The van der Waals surface area contributed by atoms with E-state index in [2.05, 4.69) is 5.32 Å². The number of non-ortho nitro benzene ring substituents is 1. The highest BCUT2D eigenvalue weighted by Crippen LogP contribution is 2.14. The summed E-state index contributed by atoms with van der Waals surface area (Å²) in [5.74, 6) is -0.808. The van der Waals surface area contributed by atoms with Gasteiger partial charge in [-0.2, -0.15) is 0 Å². The molecule has 0 saturated heterocycles. The van der Waals surface area contributed by atoms with Crippen molar-refractivity contribution in [3.05, 3.63) is 112 Å². The van der Waals surface area contributed by atoms with Crippen LogP contribution in [-0.4, -0.2) is 16.8 Å². The van der Waals surface area contributed by atoms with Crippen molar-refractivity contribution in [2.45, 2.75) is 6.61 Å². The fraction of sp³-hybridized carbons (Fsp3) is 0.0435. The number of carbonyl (C=O) groups excluding carboxylic acids is 2. The maximum Gasteiger partial charge on any atom is 0.331 e. The van der Waals surface area contributed by atoms with Gasteiger partial charge in [-0.25, -0.2) is 4.79 Å². The third kappa shape index (κ3) is 5.87. The lowest BCUT2D eigenvalue weighted by Gasteiger charge is -2.06. The zero-order chi connectivity index (χ0) is 21.3. The highest BCUT2D eigenvalue weighted by Gasteiger charge is 2.07. The Kier molecular flexibility index (Phi) is 6.68. The van der Waals surface area contributed by atoms with E-state index in [1.807, 2.05) is 18.2 Å². The molecule has 0 spiro atoms. The normalized spacial score (nSPS) is 10.5. The summed E-state index contributed by atoms with van der Waals surface area (Å²) in [4.78, 5) is 34.4. The average Bonchev–Trinajstić information content (AvgIpc) is 2.77. The van der Waals surface area contributed by atoms with Crippen LogP contribution in [0.3, 0.4) is 0 Å². The summed E-state index contributed by atoms with van der Waals surface area (Å²) in [5.41, 5.74) is 2.38. The Bertz CT molecular complexity index is 1080. The standard InChI is InChI=1S/C23H18N2O5/c26-22(14-11-17-5-4-8-21(15-17)25(28)29)30-16-18-9-12-19(13-10-18)23(27)24-20-6-2-1-3-7-20/h1-15H,16H2,(H,24,27)/b14-11+. The summed E-state index contributed by atoms with van der Waals surface area (Å²) in [5, 5.41) is 13.6. The molecular formula is C23H18N2O5. The van der Waals surface area contributed by atoms with Gasteiger partial charge in [0.05, 0.1) is 4.92 Å². The molecule has 3 rings (SSSR count). The topological polar surface area (TPSA) is 98.5 Å². The van der Waals surface area contributed by atoms with Crippen LogP contribution >= 0.6 is 0 Å². The summed E-state index contributed by atoms with van der Waals surface area (Å²) < 4.78 is 5.16. The number of rotatable bonds is 7. The third-order valence-corrected chi connectivity index (χ3v) is 4.12. The maximum absolute atomic E-state index is 12.2. The molecule has 0 atom stereocenters. The van der Waals surface area contributed by atoms with E-state index in [0.29, 0.717) is 16.8 Å². The minimum atomic E-state index is -0.576. The van der Waals surface area contributed by atoms with Crippen LogP contribution in [0.1, 0.15) is 21.5 Å². The van der Waals surface area contributed by atoms with Crippen LogP contribution in [0.25, 0.3) is 6.08 Å². The Balaban J connectivity index is 1.52. The van der Waals surface area contributed by atoms with Gasteiger partial charge in [0.15, 0.2) is 0 Å². The SMILES string of the molecule is O=C(/C=C/c1cccc([N+](=O)[O-])c1)OCc1ccc(C(=O)Nc2ccccc2)cc1. The van der Waals surface area contributed by atoms with E-state index in [4.69, 9.17) is 4.74 Å². The molecule has 0 unspecified atom stereocenters. The Morgan fingerprint density at radius 2 is 1.70 bits per heavy atom. The largest absolute Gasteiger partial charge is 0.458 e. The number of ether oxygens (including phenoxy) is 1. The van der Waals surface area contributed by atoms with E-state index >= 15 is 0 Å². The van der Waals surface area contributed by atoms with Gasteiger partial charge in [-0.15, -0.1) is 0 Å². The van der Waals surface area contributed by atoms with E-state index < -0.39 is 10.9 Å². The summed E-state index contributed by atoms with van der Waals surface area (Å²) in [6.45, 7) is 0.0404. The molecule has 30 heavy (non-hydrogen) atoms. The van der Waals surface area contributed by atoms with E-state index in [1.165, 1.54) is 24.3 Å². The Morgan fingerprint density at radius 1 is 0.967 bits per heavy atom. The van der Waals surface area contributed by atoms with Gasteiger partial charge in [0, 0.05) is 29.5 Å². The van der Waals surface area contributed by atoms with Crippen molar-refractivity contribution in [3.63, 3.8) is 0 Å². The number of nitro groups is 1. The first-order valence-electron chi connectivity index (χ1n) is 9.06. The Labute approximate surface area is 172 Å². The minimum Gasteiger partial charge on any atom is -0.458 e. The second-order valence-corrected chi connectivity index (χ2v) is 6.31. The number of hydrogen-bond acceptors (Lipinski definition) is 5. The second kappa shape index (κ2) is 9.79. The van der Waals surface area contributed by atoms with Crippen molar-refractivity contribution in [2.75, 3.05) is 5.32 Å². The van der Waals surface area contributed by atoms with Gasteiger partial charge >= 0.3 is 5.97 Å². The number of amides is 1. The van der Waals surface area contributed by atoms with Gasteiger partial charge < -0.3 is 10.1 Å². The first kappa shape index (κ1) is 20.5. The van der Waals surface area contributed by atoms with Crippen LogP contribution in [-0.2, 0) is 16.1 Å². The van der Waals surface area contributed by atoms with Crippen molar-refractivity contribution in [1.29, 1.82) is 0 Å². The van der Waals surface area contributed by atoms with Crippen LogP contribution in [0.4, 0.5) is 11.4 Å². The number of nitrogens with one attached hydrogen (secondary N) is 1. The average molecular weight is 402 g/mol. The molecule has 1 N–H and O–H groups in total. The molecule has 0 aliphatic carbocycles. The van der Waals surface area contributed by atoms with Crippen LogP contribution in [0.5, 0.6) is 0 Å². The molecule has 0 saturated carbocycles. The fourth-order valence-corrected chi connectivity index (χ4v) is 2.59. The molecule has 0 bridgehead atoms. The van der Waals surface area contributed by atoms with Crippen LogP contribution < -0.4 is 5.32 Å². The van der Waals surface area contributed by atoms with Gasteiger partial charge in [-0.3, -0.25) is 14.9 Å². The summed E-state index contributed by atoms with van der Waals surface area (Å²) in [6, 6.07) is 21.8. The van der Waals surface area contributed by atoms with Gasteiger partial charge in [-0.1, -0.05) is 42.5 Å². The van der Waals surface area contributed by atoms with Crippen LogP contribution in [0.15, 0.2) is 84.9 Å². The van der Waals surface area contributed by atoms with Crippen molar-refractivity contribution in [2.24, 2.45) is 0 Å². The lowest BCUT2D eigenvalue weighted by atomic mass is 10.1. The van der Waals surface area contributed by atoms with E-state index in [1.54, 1.807) is 48.5 Å². The molecule has 0 fully saturated rings. The van der Waals surface area contributed by atoms with E-state index in [-0.39, 0.29) is 18.2 Å². The van der Waals surface area contributed by atoms with Gasteiger partial charge in [0.1, 0.15) is 6.61 Å². The highest BCUT2D eigenvalue weighted by atomic mass is 16.6. The number of nitro benzene ring substituents is 1. The molecular weight excluding hydrogens is 384 g/mol. The van der Waals surface area contributed by atoms with Crippen molar-refractivity contribution < 1.29 is 19.2 Å². The molecule has 150 valence electrons. The predicted octanol–water partition coefficient (Wildman–Crippen LogP) is 4.60. The van der Waals surface area contributed by atoms with Crippen molar-refractivity contribution in [1.82, 2.24) is 0 Å². The number of hydrogen-bond donors (Lipinski definition) is 1. The molecule has 1 amide bonds. The molecule has 0 aliphatic heterocycles. The summed E-state index contributed by atoms with van der Waals surface area (Å²) in [7, 11) is 0. The van der Waals surface area contributed by atoms with Crippen molar-refractivity contribution in [3.8, 4) is 0 Å². The number of benzene rings is 3. The van der Waals surface area contributed by atoms with E-state index in [9.17, 15) is 19.7 Å². The molecule has 7 heteroatoms. The van der Waals surface area contributed by atoms with Crippen LogP contribution in [0.2, 0.25) is 0 Å². The lowest BCUT2D eigenvalue weighted by molar-refractivity contribution is -0.384. The quantitative estimate of drug-likeness (QED) is 0.269. The zero-order valence-corrected chi connectivity index (χ0v) is 15.9. The molecule has 0 aromatic heterocycles. The molecule has 0 radical (unpaired) electrons. The predicted molar refractivity (Wildman–Crippen MR) is 113 cm³/mol. The van der Waals surface area contributed by atoms with Gasteiger partial charge in [-0.05, 0) is 41.5 Å². The van der Waals surface area contributed by atoms with E-state index in [0.717, 1.165) is 5.56 Å². The zero-order valence-electron chi connectivity index (χ0n) is 15.9. The molecule has 7 nitrogen and oxygen atoms in total. The minimum absolute atomic E-state index is 0.0404. The first-order valence-corrected chi connectivity index (χ1v) is 9.06. The van der Waals surface area contributed by atoms with Crippen LogP contribution in [0, 0.1) is 10.1 Å². The number of anilines is 1. The molecule has 0 aliphatic rings. The number of carbonyl (C=O) groups is 2. The molecule has 3 aromatic rings. The molecule has 0 heterocycles. The highest BCUT2D eigenvalue weighted by molar-refractivity contribution is 6.04. The molecule has 3 aromatic carbocycles. The Hall–Kier alpha value is -4.26. The smallest absolute Gasteiger partial charge is 0.331 e. The number of para-hydroxylation sites is 1. The summed E-state index contributed by atoms with van der Waals surface area (Å²) in [6.07, 6.45) is 2.66. The number of nitrogens with zero attached hydrogens (tertiary/aromatic N) is 1. The van der Waals surface area contributed by atoms with Crippen molar-refractivity contribution >= 4 is 29.3 Å². The number of esters is 1. The third-order valence-electron chi connectivity index (χ3n) is 4.12. The van der Waals surface area contributed by atoms with Gasteiger partial charge in [0.2, 0.25) is 0 Å². The Morgan fingerprint density at radius 3 is 2.40 bits per heavy atom. The summed E-state index contributed by atoms with van der Waals surface area (Å²) >= 11 is 0. The lowest BCUT2D eigenvalue weighted by Crippen LogP contribution is -2.11. The maximum atomic E-state index is 12.2. The van der Waals surface area contributed by atoms with Gasteiger partial charge in [0.25, 0.3) is 11.6 Å². The first-order chi connectivity index (χ1) is 14.5. The fourth-order valence-electron chi connectivity index (χ4n) is 2.59. The monoisotopic (exact) mass is 402 g/mol. The second-order valence-electron chi connectivity index (χ2n) is 6.31.